The molecule has 1 aromatic rings. The highest BCUT2D eigenvalue weighted by Gasteiger charge is 2.20. The van der Waals surface area contributed by atoms with Crippen LogP contribution in [0.1, 0.15) is 32.6 Å². The molecule has 1 fully saturated rings. The second kappa shape index (κ2) is 7.31. The Hall–Kier alpha value is -1.75. The van der Waals surface area contributed by atoms with Crippen LogP contribution in [-0.4, -0.2) is 25.7 Å². The number of carbonyl (C=O) groups excluding carboxylic acids is 1. The largest absolute Gasteiger partial charge is 0.495 e. The predicted octanol–water partition coefficient (Wildman–Crippen LogP) is 2.81. The Morgan fingerprint density at radius 2 is 2.14 bits per heavy atom. The third kappa shape index (κ3) is 4.36. The average molecular weight is 292 g/mol. The molecule has 2 rings (SSSR count). The summed E-state index contributed by atoms with van der Waals surface area (Å²) in [5.74, 6) is 1.000. The molecule has 1 unspecified atom stereocenters. The molecule has 5 nitrogen and oxygen atoms in total. The van der Waals surface area contributed by atoms with Crippen molar-refractivity contribution in [2.75, 3.05) is 24.8 Å². The molecule has 1 amide bonds. The number of nitrogen functional groups attached to an aromatic ring is 1. The fourth-order valence-electron chi connectivity index (χ4n) is 2.59. The number of hydrogen-bond acceptors (Lipinski definition) is 4. The van der Waals surface area contributed by atoms with Gasteiger partial charge < -0.3 is 20.5 Å². The molecular formula is C16H24N2O3. The highest BCUT2D eigenvalue weighted by molar-refractivity contribution is 5.95. The van der Waals surface area contributed by atoms with Gasteiger partial charge >= 0.3 is 0 Å². The van der Waals surface area contributed by atoms with Gasteiger partial charge in [-0.05, 0) is 43.9 Å². The van der Waals surface area contributed by atoms with Crippen molar-refractivity contribution < 1.29 is 14.3 Å². The molecule has 0 heterocycles. The van der Waals surface area contributed by atoms with Crippen LogP contribution in [0.25, 0.3) is 0 Å². The summed E-state index contributed by atoms with van der Waals surface area (Å²) in [6.07, 6.45) is 4.47. The van der Waals surface area contributed by atoms with Crippen LogP contribution in [0, 0.1) is 5.92 Å². The molecule has 0 aromatic heterocycles. The molecule has 3 N–H and O–H groups in total. The number of anilines is 2. The van der Waals surface area contributed by atoms with E-state index in [-0.39, 0.29) is 5.91 Å². The minimum absolute atomic E-state index is 0.183. The number of nitrogens with one attached hydrogen (secondary N) is 1. The van der Waals surface area contributed by atoms with Gasteiger partial charge in [0.25, 0.3) is 5.91 Å². The predicted molar refractivity (Wildman–Crippen MR) is 83.4 cm³/mol. The summed E-state index contributed by atoms with van der Waals surface area (Å²) in [5, 5.41) is 2.81. The van der Waals surface area contributed by atoms with Crippen LogP contribution in [0.4, 0.5) is 11.4 Å². The minimum atomic E-state index is -0.489. The van der Waals surface area contributed by atoms with E-state index in [0.717, 1.165) is 0 Å². The van der Waals surface area contributed by atoms with E-state index < -0.39 is 6.10 Å². The lowest BCUT2D eigenvalue weighted by atomic mass is 10.1. The first-order chi connectivity index (χ1) is 10.1. The second-order valence-electron chi connectivity index (χ2n) is 5.58. The molecule has 0 aliphatic heterocycles. The maximum absolute atomic E-state index is 12.2. The van der Waals surface area contributed by atoms with E-state index in [0.29, 0.717) is 29.6 Å². The molecule has 116 valence electrons. The van der Waals surface area contributed by atoms with Crippen molar-refractivity contribution in [3.05, 3.63) is 18.2 Å². The van der Waals surface area contributed by atoms with Gasteiger partial charge in [-0.2, -0.15) is 0 Å². The molecule has 0 spiro atoms. The summed E-state index contributed by atoms with van der Waals surface area (Å²) in [5.41, 5.74) is 6.88. The van der Waals surface area contributed by atoms with E-state index in [9.17, 15) is 4.79 Å². The van der Waals surface area contributed by atoms with Gasteiger partial charge in [-0.3, -0.25) is 4.79 Å². The monoisotopic (exact) mass is 292 g/mol. The summed E-state index contributed by atoms with van der Waals surface area (Å²) in [6.45, 7) is 2.42. The van der Waals surface area contributed by atoms with Gasteiger partial charge in [0.2, 0.25) is 0 Å². The van der Waals surface area contributed by atoms with Crippen molar-refractivity contribution in [2.24, 2.45) is 5.92 Å². The molecule has 0 radical (unpaired) electrons. The van der Waals surface area contributed by atoms with Gasteiger partial charge in [-0.15, -0.1) is 0 Å². The molecule has 21 heavy (non-hydrogen) atoms. The first kappa shape index (κ1) is 15.6. The van der Waals surface area contributed by atoms with Crippen LogP contribution in [0.5, 0.6) is 5.75 Å². The second-order valence-corrected chi connectivity index (χ2v) is 5.58. The lowest BCUT2D eigenvalue weighted by molar-refractivity contribution is -0.127. The first-order valence-electron chi connectivity index (χ1n) is 7.46. The third-order valence-corrected chi connectivity index (χ3v) is 3.91. The number of hydrogen-bond donors (Lipinski definition) is 2. The summed E-state index contributed by atoms with van der Waals surface area (Å²) >= 11 is 0. The molecular weight excluding hydrogens is 268 g/mol. The van der Waals surface area contributed by atoms with E-state index in [1.54, 1.807) is 32.2 Å². The van der Waals surface area contributed by atoms with Gasteiger partial charge in [-0.1, -0.05) is 12.8 Å². The average Bonchev–Trinajstić information content (AvgIpc) is 2.98. The fourth-order valence-corrected chi connectivity index (χ4v) is 2.59. The van der Waals surface area contributed by atoms with Crippen LogP contribution < -0.4 is 15.8 Å². The fraction of sp³-hybridized carbons (Fsp3) is 0.562. The standard InChI is InChI=1S/C16H24N2O3/c1-11(21-10-12-5-3-4-6-12)16(19)18-14-9-13(17)7-8-15(14)20-2/h7-9,11-12H,3-6,10,17H2,1-2H3,(H,18,19). The molecule has 0 saturated heterocycles. The van der Waals surface area contributed by atoms with E-state index in [4.69, 9.17) is 15.2 Å². The van der Waals surface area contributed by atoms with Crippen LogP contribution in [0.2, 0.25) is 0 Å². The first-order valence-corrected chi connectivity index (χ1v) is 7.46. The Kier molecular flexibility index (Phi) is 5.44. The molecule has 1 aliphatic rings. The Labute approximate surface area is 125 Å². The topological polar surface area (TPSA) is 73.6 Å². The molecule has 1 aliphatic carbocycles. The van der Waals surface area contributed by atoms with Crippen molar-refractivity contribution in [1.29, 1.82) is 0 Å². The zero-order chi connectivity index (χ0) is 15.2. The number of carbonyl (C=O) groups is 1. The van der Waals surface area contributed by atoms with Crippen molar-refractivity contribution >= 4 is 17.3 Å². The quantitative estimate of drug-likeness (QED) is 0.791. The van der Waals surface area contributed by atoms with Gasteiger partial charge in [-0.25, -0.2) is 0 Å². The number of methoxy groups -OCH3 is 1. The molecule has 1 aromatic carbocycles. The van der Waals surface area contributed by atoms with Crippen molar-refractivity contribution in [3.8, 4) is 5.75 Å². The van der Waals surface area contributed by atoms with Gasteiger partial charge in [0.05, 0.1) is 19.4 Å². The van der Waals surface area contributed by atoms with Crippen LogP contribution in [0.15, 0.2) is 18.2 Å². The highest BCUT2D eigenvalue weighted by atomic mass is 16.5. The SMILES string of the molecule is COc1ccc(N)cc1NC(=O)C(C)OCC1CCCC1. The van der Waals surface area contributed by atoms with E-state index in [2.05, 4.69) is 5.32 Å². The Bertz CT molecular complexity index is 484. The molecule has 1 atom stereocenters. The number of ether oxygens (including phenoxy) is 2. The lowest BCUT2D eigenvalue weighted by Gasteiger charge is -2.17. The maximum Gasteiger partial charge on any atom is 0.253 e. The molecule has 0 bridgehead atoms. The number of rotatable bonds is 6. The Morgan fingerprint density at radius 1 is 1.43 bits per heavy atom. The van der Waals surface area contributed by atoms with E-state index >= 15 is 0 Å². The van der Waals surface area contributed by atoms with Crippen molar-refractivity contribution in [2.45, 2.75) is 38.7 Å². The summed E-state index contributed by atoms with van der Waals surface area (Å²) in [4.78, 5) is 12.2. The zero-order valence-electron chi connectivity index (χ0n) is 12.7. The smallest absolute Gasteiger partial charge is 0.253 e. The van der Waals surface area contributed by atoms with Crippen molar-refractivity contribution in [1.82, 2.24) is 0 Å². The number of nitrogens with two attached hydrogens (primary N) is 1. The third-order valence-electron chi connectivity index (χ3n) is 3.91. The van der Waals surface area contributed by atoms with E-state index in [1.807, 2.05) is 0 Å². The van der Waals surface area contributed by atoms with Gasteiger partial charge in [0.1, 0.15) is 11.9 Å². The summed E-state index contributed by atoms with van der Waals surface area (Å²) < 4.78 is 10.9. The lowest BCUT2D eigenvalue weighted by Crippen LogP contribution is -2.29. The molecule has 5 heteroatoms. The Morgan fingerprint density at radius 3 is 2.81 bits per heavy atom. The van der Waals surface area contributed by atoms with Crippen LogP contribution >= 0.6 is 0 Å². The summed E-state index contributed by atoms with van der Waals surface area (Å²) in [6, 6.07) is 5.14. The summed E-state index contributed by atoms with van der Waals surface area (Å²) in [7, 11) is 1.56. The molecule has 1 saturated carbocycles. The van der Waals surface area contributed by atoms with Crippen LogP contribution in [0.3, 0.4) is 0 Å². The van der Waals surface area contributed by atoms with Gasteiger partial charge in [0.15, 0.2) is 0 Å². The Balaban J connectivity index is 1.89. The highest BCUT2D eigenvalue weighted by Crippen LogP contribution is 2.27. The van der Waals surface area contributed by atoms with Gasteiger partial charge in [0, 0.05) is 5.69 Å². The van der Waals surface area contributed by atoms with E-state index in [1.165, 1.54) is 25.7 Å². The zero-order valence-corrected chi connectivity index (χ0v) is 12.7. The van der Waals surface area contributed by atoms with Crippen LogP contribution in [-0.2, 0) is 9.53 Å². The number of benzene rings is 1. The maximum atomic E-state index is 12.2. The normalized spacial score (nSPS) is 16.7. The van der Waals surface area contributed by atoms with Crippen molar-refractivity contribution in [3.63, 3.8) is 0 Å². The number of amides is 1. The minimum Gasteiger partial charge on any atom is -0.495 e.